The number of amides is 1. The van der Waals surface area contributed by atoms with Crippen LogP contribution in [0.1, 0.15) is 15.9 Å². The Kier molecular flexibility index (Phi) is 5.09. The summed E-state index contributed by atoms with van der Waals surface area (Å²) >= 11 is 0. The molecule has 0 saturated heterocycles. The van der Waals surface area contributed by atoms with Gasteiger partial charge in [0.15, 0.2) is 0 Å². The Morgan fingerprint density at radius 3 is 2.28 bits per heavy atom. The van der Waals surface area contributed by atoms with Crippen LogP contribution in [0.5, 0.6) is 0 Å². The van der Waals surface area contributed by atoms with E-state index in [1.54, 1.807) is 6.20 Å². The molecule has 0 aliphatic heterocycles. The van der Waals surface area contributed by atoms with Crippen molar-refractivity contribution >= 4 is 11.6 Å². The second kappa shape index (κ2) is 7.62. The summed E-state index contributed by atoms with van der Waals surface area (Å²) in [6, 6.07) is 19.6. The number of rotatable bonds is 5. The second-order valence-electron chi connectivity index (χ2n) is 6.06. The van der Waals surface area contributed by atoms with E-state index >= 15 is 0 Å². The minimum atomic E-state index is -0.0746. The molecule has 0 bridgehead atoms. The third-order valence-corrected chi connectivity index (χ3v) is 4.05. The minimum Gasteiger partial charge on any atom is -0.378 e. The van der Waals surface area contributed by atoms with Crippen molar-refractivity contribution in [1.29, 1.82) is 0 Å². The maximum atomic E-state index is 12.3. The van der Waals surface area contributed by atoms with E-state index in [1.807, 2.05) is 85.9 Å². The summed E-state index contributed by atoms with van der Waals surface area (Å²) in [5.74, 6) is -0.0746. The molecule has 0 fully saturated rings. The van der Waals surface area contributed by atoms with Crippen molar-refractivity contribution in [1.82, 2.24) is 10.3 Å². The van der Waals surface area contributed by atoms with Crippen LogP contribution in [-0.2, 0) is 6.54 Å². The second-order valence-corrected chi connectivity index (χ2v) is 6.06. The van der Waals surface area contributed by atoms with Gasteiger partial charge in [-0.1, -0.05) is 30.3 Å². The van der Waals surface area contributed by atoms with Crippen LogP contribution in [0.15, 0.2) is 73.1 Å². The maximum Gasteiger partial charge on any atom is 0.251 e. The van der Waals surface area contributed by atoms with Crippen molar-refractivity contribution in [2.24, 2.45) is 0 Å². The number of hydrogen-bond acceptors (Lipinski definition) is 3. The summed E-state index contributed by atoms with van der Waals surface area (Å²) in [5, 5.41) is 2.96. The van der Waals surface area contributed by atoms with Gasteiger partial charge in [0, 0.05) is 44.3 Å². The molecular weight excluding hydrogens is 310 g/mol. The zero-order valence-corrected chi connectivity index (χ0v) is 14.4. The zero-order chi connectivity index (χ0) is 17.6. The molecule has 3 aromatic rings. The lowest BCUT2D eigenvalue weighted by Crippen LogP contribution is -2.22. The highest BCUT2D eigenvalue weighted by atomic mass is 16.1. The number of carbonyl (C=O) groups is 1. The lowest BCUT2D eigenvalue weighted by atomic mass is 10.1. The number of hydrogen-bond donors (Lipinski definition) is 1. The molecule has 0 spiro atoms. The SMILES string of the molecule is CN(C)c1ccc(CNC(=O)c2ccc(-c3cccnc3)cc2)cc1. The number of carbonyl (C=O) groups excluding carboxylic acids is 1. The van der Waals surface area contributed by atoms with E-state index in [9.17, 15) is 4.79 Å². The number of anilines is 1. The van der Waals surface area contributed by atoms with E-state index in [0.29, 0.717) is 12.1 Å². The first-order valence-electron chi connectivity index (χ1n) is 8.18. The number of nitrogens with zero attached hydrogens (tertiary/aromatic N) is 2. The Labute approximate surface area is 148 Å². The third kappa shape index (κ3) is 4.23. The molecule has 0 aliphatic carbocycles. The van der Waals surface area contributed by atoms with Gasteiger partial charge in [0.25, 0.3) is 5.91 Å². The van der Waals surface area contributed by atoms with Crippen molar-refractivity contribution < 1.29 is 4.79 Å². The van der Waals surface area contributed by atoms with Gasteiger partial charge in [-0.3, -0.25) is 9.78 Å². The van der Waals surface area contributed by atoms with Gasteiger partial charge in [0.05, 0.1) is 0 Å². The summed E-state index contributed by atoms with van der Waals surface area (Å²) < 4.78 is 0. The van der Waals surface area contributed by atoms with Gasteiger partial charge < -0.3 is 10.2 Å². The molecule has 3 rings (SSSR count). The molecule has 25 heavy (non-hydrogen) atoms. The van der Waals surface area contributed by atoms with Crippen LogP contribution in [0.25, 0.3) is 11.1 Å². The number of aromatic nitrogens is 1. The first-order chi connectivity index (χ1) is 12.1. The summed E-state index contributed by atoms with van der Waals surface area (Å²) in [6.45, 7) is 0.511. The molecule has 4 heteroatoms. The Balaban J connectivity index is 1.61. The summed E-state index contributed by atoms with van der Waals surface area (Å²) in [5.41, 5.74) is 4.95. The van der Waals surface area contributed by atoms with E-state index in [0.717, 1.165) is 22.4 Å². The van der Waals surface area contributed by atoms with Crippen LogP contribution in [0, 0.1) is 0 Å². The molecule has 1 amide bonds. The first kappa shape index (κ1) is 16.7. The molecule has 0 unspecified atom stereocenters. The standard InChI is InChI=1S/C21H21N3O/c1-24(2)20-11-5-16(6-12-20)14-23-21(25)18-9-7-17(8-10-18)19-4-3-13-22-15-19/h3-13,15H,14H2,1-2H3,(H,23,25). The van der Waals surface area contributed by atoms with Crippen LogP contribution in [0.4, 0.5) is 5.69 Å². The highest BCUT2D eigenvalue weighted by Crippen LogP contribution is 2.18. The van der Waals surface area contributed by atoms with E-state index in [1.165, 1.54) is 0 Å². The van der Waals surface area contributed by atoms with Crippen LogP contribution < -0.4 is 10.2 Å². The fraction of sp³-hybridized carbons (Fsp3) is 0.143. The molecule has 0 radical (unpaired) electrons. The van der Waals surface area contributed by atoms with Crippen LogP contribution in [0.2, 0.25) is 0 Å². The minimum absolute atomic E-state index is 0.0746. The predicted octanol–water partition coefficient (Wildman–Crippen LogP) is 3.74. The van der Waals surface area contributed by atoms with Gasteiger partial charge >= 0.3 is 0 Å². The van der Waals surface area contributed by atoms with Gasteiger partial charge in [-0.15, -0.1) is 0 Å². The van der Waals surface area contributed by atoms with Gasteiger partial charge in [-0.2, -0.15) is 0 Å². The molecule has 0 atom stereocenters. The van der Waals surface area contributed by atoms with Crippen molar-refractivity contribution in [3.05, 3.63) is 84.2 Å². The highest BCUT2D eigenvalue weighted by Gasteiger charge is 2.06. The fourth-order valence-corrected chi connectivity index (χ4v) is 2.54. The van der Waals surface area contributed by atoms with Crippen LogP contribution >= 0.6 is 0 Å². The van der Waals surface area contributed by atoms with Gasteiger partial charge in [-0.25, -0.2) is 0 Å². The molecule has 1 N–H and O–H groups in total. The third-order valence-electron chi connectivity index (χ3n) is 4.05. The smallest absolute Gasteiger partial charge is 0.251 e. The Bertz CT molecular complexity index is 825. The lowest BCUT2D eigenvalue weighted by Gasteiger charge is -2.13. The number of nitrogens with one attached hydrogen (secondary N) is 1. The largest absolute Gasteiger partial charge is 0.378 e. The van der Waals surface area contributed by atoms with Crippen molar-refractivity contribution in [2.45, 2.75) is 6.54 Å². The summed E-state index contributed by atoms with van der Waals surface area (Å²) in [4.78, 5) is 18.5. The first-order valence-corrected chi connectivity index (χ1v) is 8.18. The van der Waals surface area contributed by atoms with E-state index in [2.05, 4.69) is 10.3 Å². The average molecular weight is 331 g/mol. The molecular formula is C21H21N3O. The van der Waals surface area contributed by atoms with E-state index in [-0.39, 0.29) is 5.91 Å². The zero-order valence-electron chi connectivity index (χ0n) is 14.4. The van der Waals surface area contributed by atoms with Gasteiger partial charge in [0.1, 0.15) is 0 Å². The van der Waals surface area contributed by atoms with Crippen LogP contribution in [0.3, 0.4) is 0 Å². The molecule has 4 nitrogen and oxygen atoms in total. The molecule has 1 heterocycles. The van der Waals surface area contributed by atoms with Crippen LogP contribution in [-0.4, -0.2) is 25.0 Å². The summed E-state index contributed by atoms with van der Waals surface area (Å²) in [6.07, 6.45) is 3.56. The van der Waals surface area contributed by atoms with E-state index in [4.69, 9.17) is 0 Å². The Morgan fingerprint density at radius 1 is 0.960 bits per heavy atom. The van der Waals surface area contributed by atoms with Crippen molar-refractivity contribution in [3.63, 3.8) is 0 Å². The van der Waals surface area contributed by atoms with Gasteiger partial charge in [0.2, 0.25) is 0 Å². The average Bonchev–Trinajstić information content (AvgIpc) is 2.67. The number of benzene rings is 2. The normalized spacial score (nSPS) is 10.3. The van der Waals surface area contributed by atoms with Crippen molar-refractivity contribution in [2.75, 3.05) is 19.0 Å². The molecule has 2 aromatic carbocycles. The summed E-state index contributed by atoms with van der Waals surface area (Å²) in [7, 11) is 4.01. The number of pyridine rings is 1. The fourth-order valence-electron chi connectivity index (χ4n) is 2.54. The van der Waals surface area contributed by atoms with Crippen molar-refractivity contribution in [3.8, 4) is 11.1 Å². The molecule has 0 aliphatic rings. The Hall–Kier alpha value is -3.14. The quantitative estimate of drug-likeness (QED) is 0.774. The predicted molar refractivity (Wildman–Crippen MR) is 102 cm³/mol. The highest BCUT2D eigenvalue weighted by molar-refractivity contribution is 5.94. The van der Waals surface area contributed by atoms with E-state index < -0.39 is 0 Å². The molecule has 126 valence electrons. The molecule has 1 aromatic heterocycles. The topological polar surface area (TPSA) is 45.2 Å². The molecule has 0 saturated carbocycles. The van der Waals surface area contributed by atoms with Gasteiger partial charge in [-0.05, 0) is 47.0 Å². The maximum absolute atomic E-state index is 12.3. The monoisotopic (exact) mass is 331 g/mol. The lowest BCUT2D eigenvalue weighted by molar-refractivity contribution is 0.0951. The Morgan fingerprint density at radius 2 is 1.68 bits per heavy atom.